The van der Waals surface area contributed by atoms with Crippen molar-refractivity contribution in [2.45, 2.75) is 45.1 Å². The van der Waals surface area contributed by atoms with Crippen molar-refractivity contribution < 1.29 is 9.53 Å². The Balaban J connectivity index is 1.45. The second kappa shape index (κ2) is 7.96. The Morgan fingerprint density at radius 2 is 1.75 bits per heavy atom. The molecule has 1 aromatic carbocycles. The van der Waals surface area contributed by atoms with Gasteiger partial charge in [0.15, 0.2) is 0 Å². The largest absolute Gasteiger partial charge is 0.444 e. The van der Waals surface area contributed by atoms with Gasteiger partial charge in [0, 0.05) is 43.1 Å². The second-order valence-corrected chi connectivity index (χ2v) is 9.99. The number of aromatic nitrogens is 3. The fraction of sp³-hybridized carbons (Fsp3) is 0.458. The molecule has 2 aromatic heterocycles. The maximum absolute atomic E-state index is 12.5. The second-order valence-electron chi connectivity index (χ2n) is 9.56. The number of carbonyl (C=O) groups is 1. The van der Waals surface area contributed by atoms with Gasteiger partial charge in [0.1, 0.15) is 23.4 Å². The van der Waals surface area contributed by atoms with Gasteiger partial charge in [0.2, 0.25) is 0 Å². The summed E-state index contributed by atoms with van der Waals surface area (Å²) in [7, 11) is 0. The fourth-order valence-electron chi connectivity index (χ4n) is 4.24. The van der Waals surface area contributed by atoms with Crippen LogP contribution in [-0.2, 0) is 4.74 Å². The minimum atomic E-state index is -0.489. The maximum Gasteiger partial charge on any atom is 0.410 e. The zero-order valence-corrected chi connectivity index (χ0v) is 19.5. The number of halogens is 1. The molecular formula is C24H28ClN5O2. The summed E-state index contributed by atoms with van der Waals surface area (Å²) in [6.45, 7) is 8.31. The van der Waals surface area contributed by atoms with E-state index in [0.29, 0.717) is 37.1 Å². The number of hydrogen-bond donors (Lipinski definition) is 0. The van der Waals surface area contributed by atoms with Crippen LogP contribution < -0.4 is 4.90 Å². The molecule has 3 aromatic rings. The van der Waals surface area contributed by atoms with E-state index in [9.17, 15) is 4.79 Å². The molecule has 3 heterocycles. The van der Waals surface area contributed by atoms with Crippen molar-refractivity contribution in [2.75, 3.05) is 31.1 Å². The van der Waals surface area contributed by atoms with Crippen molar-refractivity contribution in [3.05, 3.63) is 47.4 Å². The van der Waals surface area contributed by atoms with Crippen LogP contribution in [0.5, 0.6) is 0 Å². The summed E-state index contributed by atoms with van der Waals surface area (Å²) in [4.78, 5) is 25.9. The summed E-state index contributed by atoms with van der Waals surface area (Å²) in [5.74, 6) is 1.51. The third-order valence-electron chi connectivity index (χ3n) is 5.95. The van der Waals surface area contributed by atoms with Crippen molar-refractivity contribution in [3.8, 4) is 5.69 Å². The molecule has 8 heteroatoms. The van der Waals surface area contributed by atoms with Crippen LogP contribution in [0.15, 0.2) is 36.8 Å². The third-order valence-corrected chi connectivity index (χ3v) is 6.20. The highest BCUT2D eigenvalue weighted by molar-refractivity contribution is 6.30. The van der Waals surface area contributed by atoms with Crippen LogP contribution >= 0.6 is 11.6 Å². The number of piperazine rings is 1. The first-order valence-electron chi connectivity index (χ1n) is 11.1. The van der Waals surface area contributed by atoms with Crippen molar-refractivity contribution >= 4 is 34.5 Å². The van der Waals surface area contributed by atoms with E-state index in [2.05, 4.69) is 20.6 Å². The first-order chi connectivity index (χ1) is 15.3. The Labute approximate surface area is 192 Å². The van der Waals surface area contributed by atoms with Crippen molar-refractivity contribution in [1.82, 2.24) is 19.4 Å². The van der Waals surface area contributed by atoms with E-state index in [4.69, 9.17) is 21.3 Å². The SMILES string of the molecule is CC(C)(C)OC(=O)N1CCN(c2ncnc3c2c(C2CC2)cn3-c2ccc(Cl)cc2)CC1. The lowest BCUT2D eigenvalue weighted by atomic mass is 10.1. The summed E-state index contributed by atoms with van der Waals surface area (Å²) >= 11 is 6.10. The lowest BCUT2D eigenvalue weighted by Crippen LogP contribution is -2.50. The van der Waals surface area contributed by atoms with E-state index < -0.39 is 5.60 Å². The van der Waals surface area contributed by atoms with Crippen LogP contribution in [0.4, 0.5) is 10.6 Å². The number of ether oxygens (including phenoxy) is 1. The molecule has 0 spiro atoms. The van der Waals surface area contributed by atoms with Gasteiger partial charge in [0.25, 0.3) is 0 Å². The zero-order chi connectivity index (χ0) is 22.5. The molecule has 7 nitrogen and oxygen atoms in total. The van der Waals surface area contributed by atoms with Crippen molar-refractivity contribution in [3.63, 3.8) is 0 Å². The molecule has 1 saturated carbocycles. The number of nitrogens with zero attached hydrogens (tertiary/aromatic N) is 5. The van der Waals surface area contributed by atoms with Gasteiger partial charge >= 0.3 is 6.09 Å². The normalized spacial score (nSPS) is 17.1. The number of hydrogen-bond acceptors (Lipinski definition) is 5. The Hall–Kier alpha value is -2.80. The molecule has 168 valence electrons. The van der Waals surface area contributed by atoms with Gasteiger partial charge in [-0.1, -0.05) is 11.6 Å². The minimum absolute atomic E-state index is 0.252. The van der Waals surface area contributed by atoms with Crippen LogP contribution in [0.3, 0.4) is 0 Å². The predicted molar refractivity (Wildman–Crippen MR) is 126 cm³/mol. The lowest BCUT2D eigenvalue weighted by molar-refractivity contribution is 0.0240. The van der Waals surface area contributed by atoms with Crippen molar-refractivity contribution in [2.24, 2.45) is 0 Å². The van der Waals surface area contributed by atoms with Crippen LogP contribution in [0.2, 0.25) is 5.02 Å². The van der Waals surface area contributed by atoms with E-state index in [1.54, 1.807) is 11.2 Å². The monoisotopic (exact) mass is 453 g/mol. The van der Waals surface area contributed by atoms with Crippen molar-refractivity contribution in [1.29, 1.82) is 0 Å². The van der Waals surface area contributed by atoms with Gasteiger partial charge in [-0.05, 0) is 69.4 Å². The molecule has 1 aliphatic heterocycles. The smallest absolute Gasteiger partial charge is 0.410 e. The van der Waals surface area contributed by atoms with Crippen LogP contribution in [0.25, 0.3) is 16.7 Å². The number of carbonyl (C=O) groups excluding carboxylic acids is 1. The molecule has 0 atom stereocenters. The Morgan fingerprint density at radius 3 is 2.38 bits per heavy atom. The summed E-state index contributed by atoms with van der Waals surface area (Å²) in [6, 6.07) is 7.83. The van der Waals surface area contributed by atoms with Gasteiger partial charge in [0.05, 0.1) is 5.39 Å². The molecule has 0 bridgehead atoms. The molecule has 32 heavy (non-hydrogen) atoms. The Bertz CT molecular complexity index is 1140. The zero-order valence-electron chi connectivity index (χ0n) is 18.7. The first-order valence-corrected chi connectivity index (χ1v) is 11.5. The van der Waals surface area contributed by atoms with Gasteiger partial charge in [-0.2, -0.15) is 0 Å². The quantitative estimate of drug-likeness (QED) is 0.557. The Kier molecular flexibility index (Phi) is 5.24. The molecule has 2 aliphatic rings. The van der Waals surface area contributed by atoms with Crippen LogP contribution in [0, 0.1) is 0 Å². The minimum Gasteiger partial charge on any atom is -0.444 e. The summed E-state index contributed by atoms with van der Waals surface area (Å²) in [6.07, 6.45) is 5.99. The molecule has 0 N–H and O–H groups in total. The number of amides is 1. The summed E-state index contributed by atoms with van der Waals surface area (Å²) < 4.78 is 7.68. The van der Waals surface area contributed by atoms with Gasteiger partial charge in [-0.25, -0.2) is 14.8 Å². The van der Waals surface area contributed by atoms with E-state index in [0.717, 1.165) is 22.5 Å². The third kappa shape index (κ3) is 4.13. The summed E-state index contributed by atoms with van der Waals surface area (Å²) in [5.41, 5.74) is 2.76. The molecule has 1 saturated heterocycles. The number of benzene rings is 1. The summed E-state index contributed by atoms with van der Waals surface area (Å²) in [5, 5.41) is 1.83. The fourth-order valence-corrected chi connectivity index (χ4v) is 4.37. The molecule has 1 amide bonds. The van der Waals surface area contributed by atoms with E-state index >= 15 is 0 Å². The van der Waals surface area contributed by atoms with Crippen LogP contribution in [0.1, 0.15) is 45.1 Å². The first kappa shape index (κ1) is 21.1. The molecule has 5 rings (SSSR count). The van der Waals surface area contributed by atoms with E-state index in [-0.39, 0.29) is 6.09 Å². The van der Waals surface area contributed by atoms with Crippen LogP contribution in [-0.4, -0.2) is 57.3 Å². The Morgan fingerprint density at radius 1 is 1.06 bits per heavy atom. The van der Waals surface area contributed by atoms with Gasteiger partial charge in [-0.15, -0.1) is 0 Å². The standard InChI is InChI=1S/C24H28ClN5O2/c1-24(2,3)32-23(31)29-12-10-28(11-13-29)21-20-19(16-4-5-16)14-30(22(20)27-15-26-21)18-8-6-17(25)7-9-18/h6-9,14-16H,4-5,10-13H2,1-3H3. The molecule has 0 radical (unpaired) electrons. The molecule has 1 aliphatic carbocycles. The predicted octanol–water partition coefficient (Wildman–Crippen LogP) is 5.01. The number of fused-ring (bicyclic) bond motifs is 1. The highest BCUT2D eigenvalue weighted by Crippen LogP contribution is 2.46. The average Bonchev–Trinajstić information content (AvgIpc) is 3.53. The number of anilines is 1. The highest BCUT2D eigenvalue weighted by atomic mass is 35.5. The molecule has 2 fully saturated rings. The maximum atomic E-state index is 12.5. The van der Waals surface area contributed by atoms with E-state index in [1.807, 2.05) is 45.0 Å². The average molecular weight is 454 g/mol. The van der Waals surface area contributed by atoms with Gasteiger partial charge in [-0.3, -0.25) is 0 Å². The van der Waals surface area contributed by atoms with E-state index in [1.165, 1.54) is 18.4 Å². The molecular weight excluding hydrogens is 426 g/mol. The van der Waals surface area contributed by atoms with Gasteiger partial charge < -0.3 is 19.1 Å². The lowest BCUT2D eigenvalue weighted by Gasteiger charge is -2.36. The topological polar surface area (TPSA) is 63.5 Å². The number of rotatable bonds is 3. The highest BCUT2D eigenvalue weighted by Gasteiger charge is 2.32. The molecule has 0 unspecified atom stereocenters.